The van der Waals surface area contributed by atoms with Crippen LogP contribution in [0, 0.1) is 0 Å². The van der Waals surface area contributed by atoms with Crippen molar-refractivity contribution in [3.63, 3.8) is 0 Å². The lowest BCUT2D eigenvalue weighted by Gasteiger charge is -2.03. The summed E-state index contributed by atoms with van der Waals surface area (Å²) < 4.78 is 0.353. The molecule has 5 heteroatoms. The lowest BCUT2D eigenvalue weighted by Crippen LogP contribution is -1.97. The van der Waals surface area contributed by atoms with E-state index in [-0.39, 0.29) is 9.16 Å². The van der Waals surface area contributed by atoms with E-state index in [1.807, 2.05) is 0 Å². The molecule has 0 rings (SSSR count). The van der Waals surface area contributed by atoms with Crippen LogP contribution in [-0.4, -0.2) is 20.7 Å². The maximum absolute atomic E-state index is 4.09. The van der Waals surface area contributed by atoms with Crippen LogP contribution in [0.25, 0.3) is 0 Å². The summed E-state index contributed by atoms with van der Waals surface area (Å²) in [7, 11) is 0. The van der Waals surface area contributed by atoms with Crippen molar-refractivity contribution in [2.75, 3.05) is 11.5 Å². The van der Waals surface area contributed by atoms with E-state index in [0.29, 0.717) is 0 Å². The van der Waals surface area contributed by atoms with Crippen LogP contribution in [0.1, 0.15) is 0 Å². The topological polar surface area (TPSA) is 0 Å². The second-order valence-electron chi connectivity index (χ2n) is 1.50. The summed E-state index contributed by atoms with van der Waals surface area (Å²) in [6, 6.07) is 0. The van der Waals surface area contributed by atoms with Gasteiger partial charge >= 0.3 is 0 Å². The summed E-state index contributed by atoms with van der Waals surface area (Å²) in [4.78, 5) is 0. The molecule has 0 aliphatic rings. The normalized spacial score (nSPS) is 11.3. The van der Waals surface area contributed by atoms with E-state index in [4.69, 9.17) is 0 Å². The third-order valence-corrected chi connectivity index (χ3v) is 3.39. The van der Waals surface area contributed by atoms with Gasteiger partial charge in [0.15, 0.2) is 0 Å². The van der Waals surface area contributed by atoms with Crippen molar-refractivity contribution in [3.8, 4) is 0 Å². The van der Waals surface area contributed by atoms with Crippen molar-refractivity contribution in [2.45, 2.75) is 9.16 Å². The van der Waals surface area contributed by atoms with Gasteiger partial charge in [0.05, 0.1) is 9.16 Å². The van der Waals surface area contributed by atoms with Crippen LogP contribution < -0.4 is 0 Å². The molecule has 0 N–H and O–H groups in total. The highest BCUT2D eigenvalue weighted by atomic mass is 32.2. The maximum Gasteiger partial charge on any atom is 0.0532 e. The molecule has 0 bridgehead atoms. The van der Waals surface area contributed by atoms with Gasteiger partial charge in [-0.15, -0.1) is 0 Å². The smallest absolute Gasteiger partial charge is 0.0532 e. The van der Waals surface area contributed by atoms with Crippen LogP contribution >= 0.6 is 62.3 Å². The van der Waals surface area contributed by atoms with Gasteiger partial charge in [-0.1, -0.05) is 0 Å². The average molecular weight is 218 g/mol. The SMILES string of the molecule is SC(S)CSCC(S)S. The molecule has 0 aromatic rings. The van der Waals surface area contributed by atoms with Gasteiger partial charge in [0.25, 0.3) is 0 Å². The minimum absolute atomic E-state index is 0.176. The minimum atomic E-state index is 0.176. The molecule has 0 saturated carbocycles. The number of thiol groups is 4. The summed E-state index contributed by atoms with van der Waals surface area (Å²) in [6.07, 6.45) is 0. The Bertz CT molecular complexity index is 54.0. The Morgan fingerprint density at radius 2 is 1.22 bits per heavy atom. The van der Waals surface area contributed by atoms with Crippen LogP contribution in [0.5, 0.6) is 0 Å². The third-order valence-electron chi connectivity index (χ3n) is 0.534. The Morgan fingerprint density at radius 3 is 1.44 bits per heavy atom. The minimum Gasteiger partial charge on any atom is -0.164 e. The zero-order valence-electron chi connectivity index (χ0n) is 4.77. The van der Waals surface area contributed by atoms with E-state index in [1.54, 1.807) is 11.8 Å². The molecule has 0 nitrogen and oxygen atoms in total. The molecule has 0 aromatic heterocycles. The number of hydrogen-bond donors (Lipinski definition) is 4. The highest BCUT2D eigenvalue weighted by Gasteiger charge is 1.98. The zero-order valence-corrected chi connectivity index (χ0v) is 9.16. The maximum atomic E-state index is 4.09. The highest BCUT2D eigenvalue weighted by molar-refractivity contribution is 8.06. The number of hydrogen-bond acceptors (Lipinski definition) is 5. The van der Waals surface area contributed by atoms with Crippen LogP contribution in [0.15, 0.2) is 0 Å². The van der Waals surface area contributed by atoms with Crippen molar-refractivity contribution in [1.29, 1.82) is 0 Å². The van der Waals surface area contributed by atoms with Crippen LogP contribution in [-0.2, 0) is 0 Å². The molecule has 0 fully saturated rings. The second kappa shape index (κ2) is 6.46. The fraction of sp³-hybridized carbons (Fsp3) is 1.00. The largest absolute Gasteiger partial charge is 0.164 e. The van der Waals surface area contributed by atoms with Crippen molar-refractivity contribution in [2.24, 2.45) is 0 Å². The summed E-state index contributed by atoms with van der Waals surface area (Å²) in [5.74, 6) is 1.90. The zero-order chi connectivity index (χ0) is 7.28. The lowest BCUT2D eigenvalue weighted by atomic mass is 10.9. The van der Waals surface area contributed by atoms with Gasteiger partial charge in [0.2, 0.25) is 0 Å². The van der Waals surface area contributed by atoms with Crippen molar-refractivity contribution >= 4 is 62.3 Å². The summed E-state index contributed by atoms with van der Waals surface area (Å²) in [6.45, 7) is 0. The van der Waals surface area contributed by atoms with E-state index in [1.165, 1.54) is 0 Å². The highest BCUT2D eigenvalue weighted by Crippen LogP contribution is 2.14. The first kappa shape index (κ1) is 10.8. The molecule has 56 valence electrons. The Kier molecular flexibility index (Phi) is 7.72. The van der Waals surface area contributed by atoms with Crippen molar-refractivity contribution in [1.82, 2.24) is 0 Å². The second-order valence-corrected chi connectivity index (χ2v) is 5.88. The summed E-state index contributed by atoms with van der Waals surface area (Å²) in [5.41, 5.74) is 0. The molecule has 0 unspecified atom stereocenters. The Hall–Kier alpha value is 1.75. The number of thioether (sulfide) groups is 1. The molecule has 0 aliphatic heterocycles. The molecule has 0 aromatic carbocycles. The van der Waals surface area contributed by atoms with E-state index in [9.17, 15) is 0 Å². The van der Waals surface area contributed by atoms with E-state index in [0.717, 1.165) is 11.5 Å². The van der Waals surface area contributed by atoms with Gasteiger partial charge < -0.3 is 0 Å². The molecule has 0 atom stereocenters. The monoisotopic (exact) mass is 218 g/mol. The lowest BCUT2D eigenvalue weighted by molar-refractivity contribution is 1.42. The van der Waals surface area contributed by atoms with Crippen molar-refractivity contribution < 1.29 is 0 Å². The van der Waals surface area contributed by atoms with Crippen LogP contribution in [0.3, 0.4) is 0 Å². The Balaban J connectivity index is 2.91. The van der Waals surface area contributed by atoms with E-state index in [2.05, 4.69) is 50.5 Å². The number of rotatable bonds is 4. The van der Waals surface area contributed by atoms with Crippen molar-refractivity contribution in [3.05, 3.63) is 0 Å². The first-order valence-electron chi connectivity index (χ1n) is 2.43. The molecule has 0 heterocycles. The fourth-order valence-corrected chi connectivity index (χ4v) is 2.10. The molecule has 0 saturated heterocycles. The molecule has 0 radical (unpaired) electrons. The predicted molar refractivity (Wildman–Crippen MR) is 60.8 cm³/mol. The molecule has 0 amide bonds. The predicted octanol–water partition coefficient (Wildman–Crippen LogP) is 2.09. The average Bonchev–Trinajstić information content (AvgIpc) is 1.63. The summed E-state index contributed by atoms with van der Waals surface area (Å²) >= 11 is 18.1. The van der Waals surface area contributed by atoms with Gasteiger partial charge in [-0.2, -0.15) is 62.3 Å². The Morgan fingerprint density at radius 1 is 0.889 bits per heavy atom. The molecule has 0 aliphatic carbocycles. The fourth-order valence-electron chi connectivity index (χ4n) is 0.279. The van der Waals surface area contributed by atoms with E-state index >= 15 is 0 Å². The summed E-state index contributed by atoms with van der Waals surface area (Å²) in [5, 5.41) is 0. The Labute approximate surface area is 82.6 Å². The first-order valence-corrected chi connectivity index (χ1v) is 5.65. The van der Waals surface area contributed by atoms with Crippen LogP contribution in [0.2, 0.25) is 0 Å². The molecule has 9 heavy (non-hydrogen) atoms. The third kappa shape index (κ3) is 9.75. The molecule has 0 spiro atoms. The van der Waals surface area contributed by atoms with Gasteiger partial charge in [-0.05, 0) is 0 Å². The van der Waals surface area contributed by atoms with E-state index < -0.39 is 0 Å². The standard InChI is InChI=1S/C4H10S5/c5-3(6)1-9-2-4(7)8/h3-8H,1-2H2. The molecular formula is C4H10S5. The van der Waals surface area contributed by atoms with Gasteiger partial charge in [-0.3, -0.25) is 0 Å². The first-order chi connectivity index (χ1) is 4.13. The molecular weight excluding hydrogens is 208 g/mol. The van der Waals surface area contributed by atoms with Crippen LogP contribution in [0.4, 0.5) is 0 Å². The van der Waals surface area contributed by atoms with Gasteiger partial charge in [0, 0.05) is 11.5 Å². The quantitative estimate of drug-likeness (QED) is 0.414. The van der Waals surface area contributed by atoms with Gasteiger partial charge in [0.1, 0.15) is 0 Å². The van der Waals surface area contributed by atoms with Gasteiger partial charge in [-0.25, -0.2) is 0 Å².